The summed E-state index contributed by atoms with van der Waals surface area (Å²) in [6.07, 6.45) is -0.188. The second kappa shape index (κ2) is 7.51. The highest BCUT2D eigenvalue weighted by Crippen LogP contribution is 2.30. The predicted molar refractivity (Wildman–Crippen MR) is 92.3 cm³/mol. The largest absolute Gasteiger partial charge is 0.493 e. The van der Waals surface area contributed by atoms with Gasteiger partial charge in [0.1, 0.15) is 18.0 Å². The molecule has 130 valence electrons. The zero-order chi connectivity index (χ0) is 17.1. The van der Waals surface area contributed by atoms with Crippen molar-refractivity contribution in [2.45, 2.75) is 32.1 Å². The standard InChI is InChI=1S/C18H22FNO3S/c1-12-3-5-14(24-12)10-20-8-7-16(15(21)11-20)23-17-6-4-13(19)9-18(17)22-2/h3-6,9,15-16,21H,7-8,10-11H2,1-2H3/t15-,16-/m1/s1. The number of benzene rings is 1. The van der Waals surface area contributed by atoms with Gasteiger partial charge in [-0.05, 0) is 37.6 Å². The zero-order valence-corrected chi connectivity index (χ0v) is 14.7. The molecule has 6 heteroatoms. The van der Waals surface area contributed by atoms with E-state index in [0.717, 1.165) is 13.1 Å². The van der Waals surface area contributed by atoms with Gasteiger partial charge in [-0.2, -0.15) is 0 Å². The fraction of sp³-hybridized carbons (Fsp3) is 0.444. The molecule has 0 radical (unpaired) electrons. The van der Waals surface area contributed by atoms with E-state index in [2.05, 4.69) is 24.0 Å². The number of halogens is 1. The molecule has 1 aromatic carbocycles. The molecule has 0 unspecified atom stereocenters. The SMILES string of the molecule is COc1cc(F)ccc1O[C@@H]1CCN(Cc2ccc(C)s2)C[C@H]1O. The number of β-amino-alcohol motifs (C(OH)–C–C–N with tert-alkyl or cyclic N) is 1. The minimum atomic E-state index is -0.588. The molecule has 1 aliphatic rings. The lowest BCUT2D eigenvalue weighted by atomic mass is 10.0. The Balaban J connectivity index is 1.60. The van der Waals surface area contributed by atoms with Crippen molar-refractivity contribution < 1.29 is 19.0 Å². The first-order chi connectivity index (χ1) is 11.5. The van der Waals surface area contributed by atoms with Crippen molar-refractivity contribution in [3.63, 3.8) is 0 Å². The van der Waals surface area contributed by atoms with E-state index in [-0.39, 0.29) is 11.9 Å². The molecule has 4 nitrogen and oxygen atoms in total. The Morgan fingerprint density at radius 2 is 2.12 bits per heavy atom. The molecule has 1 aliphatic heterocycles. The van der Waals surface area contributed by atoms with Crippen LogP contribution in [0.3, 0.4) is 0 Å². The van der Waals surface area contributed by atoms with E-state index in [0.29, 0.717) is 24.5 Å². The lowest BCUT2D eigenvalue weighted by molar-refractivity contribution is -0.0280. The van der Waals surface area contributed by atoms with Crippen molar-refractivity contribution in [2.24, 2.45) is 0 Å². The molecule has 3 rings (SSSR count). The third-order valence-corrected chi connectivity index (χ3v) is 5.17. The first-order valence-corrected chi connectivity index (χ1v) is 8.82. The highest BCUT2D eigenvalue weighted by Gasteiger charge is 2.30. The van der Waals surface area contributed by atoms with Crippen LogP contribution in [0.4, 0.5) is 4.39 Å². The van der Waals surface area contributed by atoms with Crippen molar-refractivity contribution >= 4 is 11.3 Å². The summed E-state index contributed by atoms with van der Waals surface area (Å²) in [7, 11) is 1.48. The summed E-state index contributed by atoms with van der Waals surface area (Å²) in [5.74, 6) is 0.435. The smallest absolute Gasteiger partial charge is 0.163 e. The van der Waals surface area contributed by atoms with Crippen LogP contribution in [-0.2, 0) is 6.54 Å². The second-order valence-electron chi connectivity index (χ2n) is 6.05. The van der Waals surface area contributed by atoms with Gasteiger partial charge in [0.15, 0.2) is 11.5 Å². The maximum Gasteiger partial charge on any atom is 0.163 e. The Kier molecular flexibility index (Phi) is 5.38. The van der Waals surface area contributed by atoms with Crippen LogP contribution in [0.25, 0.3) is 0 Å². The summed E-state index contributed by atoms with van der Waals surface area (Å²) in [5.41, 5.74) is 0. The Hall–Kier alpha value is -1.63. The van der Waals surface area contributed by atoms with E-state index in [9.17, 15) is 9.50 Å². The maximum absolute atomic E-state index is 13.3. The number of hydrogen-bond donors (Lipinski definition) is 1. The third-order valence-electron chi connectivity index (χ3n) is 4.18. The van der Waals surface area contributed by atoms with Gasteiger partial charge in [0.25, 0.3) is 0 Å². The van der Waals surface area contributed by atoms with Crippen LogP contribution >= 0.6 is 11.3 Å². The van der Waals surface area contributed by atoms with Gasteiger partial charge in [0, 0.05) is 35.5 Å². The maximum atomic E-state index is 13.3. The number of aliphatic hydroxyl groups is 1. The Morgan fingerprint density at radius 1 is 1.29 bits per heavy atom. The van der Waals surface area contributed by atoms with Gasteiger partial charge in [0.2, 0.25) is 0 Å². The zero-order valence-electron chi connectivity index (χ0n) is 13.9. The van der Waals surface area contributed by atoms with Crippen LogP contribution in [0.2, 0.25) is 0 Å². The minimum Gasteiger partial charge on any atom is -0.493 e. The topological polar surface area (TPSA) is 41.9 Å². The Morgan fingerprint density at radius 3 is 2.79 bits per heavy atom. The fourth-order valence-electron chi connectivity index (χ4n) is 2.95. The molecule has 0 amide bonds. The van der Waals surface area contributed by atoms with E-state index >= 15 is 0 Å². The van der Waals surface area contributed by atoms with E-state index in [1.54, 1.807) is 17.4 Å². The summed E-state index contributed by atoms with van der Waals surface area (Å²) < 4.78 is 24.3. The molecule has 1 fully saturated rings. The van der Waals surface area contributed by atoms with E-state index < -0.39 is 6.10 Å². The second-order valence-corrected chi connectivity index (χ2v) is 7.43. The summed E-state index contributed by atoms with van der Waals surface area (Å²) in [5, 5.41) is 10.4. The van der Waals surface area contributed by atoms with Crippen molar-refractivity contribution in [3.05, 3.63) is 45.9 Å². The Labute approximate surface area is 145 Å². The van der Waals surface area contributed by atoms with Crippen molar-refractivity contribution in [3.8, 4) is 11.5 Å². The average molecular weight is 351 g/mol. The fourth-order valence-corrected chi connectivity index (χ4v) is 3.88. The molecule has 0 aliphatic carbocycles. The number of aryl methyl sites for hydroxylation is 1. The highest BCUT2D eigenvalue weighted by molar-refractivity contribution is 7.11. The van der Waals surface area contributed by atoms with Crippen molar-refractivity contribution in [1.82, 2.24) is 4.90 Å². The number of nitrogens with zero attached hydrogens (tertiary/aromatic N) is 1. The summed E-state index contributed by atoms with van der Waals surface area (Å²) >= 11 is 1.79. The molecule has 24 heavy (non-hydrogen) atoms. The molecule has 2 heterocycles. The highest BCUT2D eigenvalue weighted by atomic mass is 32.1. The number of piperidine rings is 1. The number of methoxy groups -OCH3 is 1. The van der Waals surface area contributed by atoms with E-state index in [1.165, 1.54) is 29.0 Å². The first kappa shape index (κ1) is 17.2. The number of thiophene rings is 1. The van der Waals surface area contributed by atoms with Gasteiger partial charge in [-0.25, -0.2) is 4.39 Å². The molecule has 0 saturated carbocycles. The summed E-state index contributed by atoms with van der Waals surface area (Å²) in [4.78, 5) is 4.84. The monoisotopic (exact) mass is 351 g/mol. The number of likely N-dealkylation sites (tertiary alicyclic amines) is 1. The van der Waals surface area contributed by atoms with E-state index in [4.69, 9.17) is 9.47 Å². The summed E-state index contributed by atoms with van der Waals surface area (Å²) in [6, 6.07) is 8.42. The lowest BCUT2D eigenvalue weighted by Crippen LogP contribution is -2.48. The molecule has 0 bridgehead atoms. The molecule has 1 saturated heterocycles. The van der Waals surface area contributed by atoms with Crippen LogP contribution < -0.4 is 9.47 Å². The minimum absolute atomic E-state index is 0.314. The number of aliphatic hydroxyl groups excluding tert-OH is 1. The van der Waals surface area contributed by atoms with Gasteiger partial charge in [-0.15, -0.1) is 11.3 Å². The average Bonchev–Trinajstić information content (AvgIpc) is 2.96. The van der Waals surface area contributed by atoms with Gasteiger partial charge < -0.3 is 14.6 Å². The van der Waals surface area contributed by atoms with Crippen LogP contribution in [0.5, 0.6) is 11.5 Å². The lowest BCUT2D eigenvalue weighted by Gasteiger charge is -2.35. The number of rotatable bonds is 5. The van der Waals surface area contributed by atoms with Gasteiger partial charge in [0.05, 0.1) is 7.11 Å². The molecule has 2 atom stereocenters. The van der Waals surface area contributed by atoms with Crippen molar-refractivity contribution in [2.75, 3.05) is 20.2 Å². The van der Waals surface area contributed by atoms with Gasteiger partial charge in [-0.3, -0.25) is 4.90 Å². The summed E-state index contributed by atoms with van der Waals surface area (Å²) in [6.45, 7) is 4.36. The van der Waals surface area contributed by atoms with Crippen LogP contribution in [0.1, 0.15) is 16.2 Å². The van der Waals surface area contributed by atoms with Crippen LogP contribution in [0, 0.1) is 12.7 Å². The van der Waals surface area contributed by atoms with E-state index in [1.807, 2.05) is 0 Å². The first-order valence-electron chi connectivity index (χ1n) is 8.01. The van der Waals surface area contributed by atoms with Crippen LogP contribution in [-0.4, -0.2) is 42.4 Å². The molecule has 2 aromatic rings. The normalized spacial score (nSPS) is 21.7. The number of hydrogen-bond acceptors (Lipinski definition) is 5. The van der Waals surface area contributed by atoms with Crippen molar-refractivity contribution in [1.29, 1.82) is 0 Å². The van der Waals surface area contributed by atoms with Crippen LogP contribution in [0.15, 0.2) is 30.3 Å². The molecular formula is C18H22FNO3S. The number of ether oxygens (including phenoxy) is 2. The predicted octanol–water partition coefficient (Wildman–Crippen LogP) is 3.22. The molecule has 1 aromatic heterocycles. The molecule has 0 spiro atoms. The quantitative estimate of drug-likeness (QED) is 0.898. The van der Waals surface area contributed by atoms with Gasteiger partial charge >= 0.3 is 0 Å². The molecule has 1 N–H and O–H groups in total. The molecular weight excluding hydrogens is 329 g/mol. The van der Waals surface area contributed by atoms with Gasteiger partial charge in [-0.1, -0.05) is 0 Å². The third kappa shape index (κ3) is 4.06. The Bertz CT molecular complexity index is 691.